The highest BCUT2D eigenvalue weighted by atomic mass is 32.1. The normalized spacial score (nSPS) is 19.8. The molecule has 36 heavy (non-hydrogen) atoms. The number of thiocarbonyl (C=S) groups is 1. The summed E-state index contributed by atoms with van der Waals surface area (Å²) in [6.45, 7) is 2.15. The van der Waals surface area contributed by atoms with Crippen molar-refractivity contribution in [3.8, 4) is 0 Å². The first-order chi connectivity index (χ1) is 17.7. The molecule has 0 saturated carbocycles. The molecule has 0 amide bonds. The van der Waals surface area contributed by atoms with Gasteiger partial charge >= 0.3 is 0 Å². The van der Waals surface area contributed by atoms with E-state index in [0.717, 1.165) is 64.1 Å². The minimum absolute atomic E-state index is 0.202. The number of hydrogen-bond acceptors (Lipinski definition) is 5. The number of fused-ring (bicyclic) bond motifs is 2. The van der Waals surface area contributed by atoms with E-state index in [2.05, 4.69) is 52.8 Å². The number of nitrogens with zero attached hydrogens (tertiary/aromatic N) is 2. The summed E-state index contributed by atoms with van der Waals surface area (Å²) in [5.41, 5.74) is 6.76. The number of carbonyl (C=O) groups is 1. The van der Waals surface area contributed by atoms with Crippen LogP contribution < -0.4 is 5.32 Å². The van der Waals surface area contributed by atoms with Crippen LogP contribution in [0.4, 0.5) is 0 Å². The van der Waals surface area contributed by atoms with Gasteiger partial charge in [-0.3, -0.25) is 9.79 Å². The highest BCUT2D eigenvalue weighted by Gasteiger charge is 2.43. The van der Waals surface area contributed by atoms with Gasteiger partial charge in [-0.15, -0.1) is 0 Å². The van der Waals surface area contributed by atoms with Crippen molar-refractivity contribution in [2.45, 2.75) is 38.1 Å². The van der Waals surface area contributed by atoms with Crippen LogP contribution in [0.2, 0.25) is 0 Å². The topological polar surface area (TPSA) is 53.8 Å². The second-order valence-corrected chi connectivity index (χ2v) is 9.20. The fourth-order valence-electron chi connectivity index (χ4n) is 4.97. The fourth-order valence-corrected chi connectivity index (χ4v) is 5.11. The van der Waals surface area contributed by atoms with E-state index in [1.165, 1.54) is 0 Å². The van der Waals surface area contributed by atoms with E-state index >= 15 is 0 Å². The number of aliphatic imine (C=N–C) groups is 2. The molecule has 0 aromatic heterocycles. The predicted octanol–water partition coefficient (Wildman–Crippen LogP) is 7.11. The van der Waals surface area contributed by atoms with Crippen molar-refractivity contribution < 1.29 is 4.79 Å². The summed E-state index contributed by atoms with van der Waals surface area (Å²) in [5.74, 6) is 0.202. The fraction of sp³-hybridized carbons (Fsp3) is 0.194. The Morgan fingerprint density at radius 3 is 2.58 bits per heavy atom. The number of benzene rings is 2. The number of ketones is 1. The van der Waals surface area contributed by atoms with Gasteiger partial charge in [-0.25, -0.2) is 4.99 Å². The number of unbranched alkanes of at least 4 members (excludes halogenated alkanes) is 2. The maximum Gasteiger partial charge on any atom is 0.162 e. The van der Waals surface area contributed by atoms with Crippen molar-refractivity contribution in [2.75, 3.05) is 0 Å². The maximum atomic E-state index is 12.5. The lowest BCUT2D eigenvalue weighted by Gasteiger charge is -2.37. The van der Waals surface area contributed by atoms with Gasteiger partial charge in [0.25, 0.3) is 0 Å². The molecule has 0 radical (unpaired) electrons. The second-order valence-electron chi connectivity index (χ2n) is 9.01. The third-order valence-electron chi connectivity index (χ3n) is 6.81. The predicted molar refractivity (Wildman–Crippen MR) is 151 cm³/mol. The molecular formula is C31H27N3OS. The molecule has 5 rings (SSSR count). The Labute approximate surface area is 217 Å². The summed E-state index contributed by atoms with van der Waals surface area (Å²) in [6.07, 6.45) is 15.7. The Kier molecular flexibility index (Phi) is 6.86. The van der Waals surface area contributed by atoms with Gasteiger partial charge in [-0.2, -0.15) is 0 Å². The standard InChI is InChI=1S/C31H27N3OS/c1-2-3-5-10-28(35)24-13-11-22(12-14-24)25-16-19-32-29-26(25)15-18-31(34-21-36)27(17-20-33-30(29)31)23-8-6-4-7-9-23/h4,6-9,11-20,32H,2-3,5,10H2,1H3. The Morgan fingerprint density at radius 2 is 1.83 bits per heavy atom. The average Bonchev–Trinajstić information content (AvgIpc) is 2.93. The summed E-state index contributed by atoms with van der Waals surface area (Å²) >= 11 is 5.09. The molecule has 2 heterocycles. The molecule has 2 aliphatic heterocycles. The lowest BCUT2D eigenvalue weighted by atomic mass is 9.75. The van der Waals surface area contributed by atoms with Gasteiger partial charge in [0.2, 0.25) is 0 Å². The average molecular weight is 490 g/mol. The summed E-state index contributed by atoms with van der Waals surface area (Å²) < 4.78 is 0. The zero-order chi connectivity index (χ0) is 25.0. The van der Waals surface area contributed by atoms with Crippen molar-refractivity contribution in [1.82, 2.24) is 5.32 Å². The molecule has 0 bridgehead atoms. The van der Waals surface area contributed by atoms with Crippen molar-refractivity contribution in [1.29, 1.82) is 0 Å². The smallest absolute Gasteiger partial charge is 0.162 e. The number of hydrogen-bond donors (Lipinski definition) is 1. The van der Waals surface area contributed by atoms with Crippen molar-refractivity contribution in [3.63, 3.8) is 0 Å². The molecule has 1 atom stereocenters. The third kappa shape index (κ3) is 4.28. The molecule has 2 aromatic carbocycles. The van der Waals surface area contributed by atoms with Gasteiger partial charge in [0.1, 0.15) is 5.70 Å². The maximum absolute atomic E-state index is 12.5. The van der Waals surface area contributed by atoms with Crippen LogP contribution in [-0.4, -0.2) is 22.7 Å². The molecule has 0 spiro atoms. The number of rotatable bonds is 8. The molecule has 2 aromatic rings. The van der Waals surface area contributed by atoms with Crippen molar-refractivity contribution in [2.24, 2.45) is 9.98 Å². The van der Waals surface area contributed by atoms with Gasteiger partial charge in [0.15, 0.2) is 11.3 Å². The first-order valence-corrected chi connectivity index (χ1v) is 12.7. The van der Waals surface area contributed by atoms with E-state index in [1.54, 1.807) is 0 Å². The number of carbonyl (C=O) groups excluding carboxylic acids is 1. The van der Waals surface area contributed by atoms with E-state index in [1.807, 2.05) is 61.0 Å². The van der Waals surface area contributed by atoms with Crippen LogP contribution in [0.3, 0.4) is 0 Å². The van der Waals surface area contributed by atoms with Gasteiger partial charge in [0.05, 0.1) is 10.9 Å². The van der Waals surface area contributed by atoms with Crippen molar-refractivity contribution in [3.05, 3.63) is 119 Å². The monoisotopic (exact) mass is 489 g/mol. The van der Waals surface area contributed by atoms with Gasteiger partial charge in [-0.05, 0) is 59.1 Å². The van der Waals surface area contributed by atoms with E-state index < -0.39 is 5.54 Å². The summed E-state index contributed by atoms with van der Waals surface area (Å²) in [6, 6.07) is 18.1. The highest BCUT2D eigenvalue weighted by Crippen LogP contribution is 2.47. The zero-order valence-corrected chi connectivity index (χ0v) is 21.0. The first-order valence-electron chi connectivity index (χ1n) is 12.3. The molecule has 1 aliphatic carbocycles. The highest BCUT2D eigenvalue weighted by molar-refractivity contribution is 7.78. The van der Waals surface area contributed by atoms with Crippen LogP contribution in [0.15, 0.2) is 112 Å². The summed E-state index contributed by atoms with van der Waals surface area (Å²) in [4.78, 5) is 22.0. The van der Waals surface area contributed by atoms with E-state index in [-0.39, 0.29) is 5.78 Å². The Balaban J connectivity index is 1.54. The number of nitrogens with one attached hydrogen (secondary N) is 1. The third-order valence-corrected chi connectivity index (χ3v) is 6.91. The minimum atomic E-state index is -0.852. The molecular weight excluding hydrogens is 462 g/mol. The van der Waals surface area contributed by atoms with Crippen LogP contribution >= 0.6 is 12.2 Å². The molecule has 0 fully saturated rings. The Bertz CT molecular complexity index is 1420. The van der Waals surface area contributed by atoms with Crippen LogP contribution in [0.1, 0.15) is 54.1 Å². The number of allylic oxidation sites excluding steroid dienone is 4. The molecule has 178 valence electrons. The molecule has 1 N–H and O–H groups in total. The number of dihydropyridines is 2. The van der Waals surface area contributed by atoms with Crippen molar-refractivity contribution >= 4 is 40.5 Å². The first kappa shape index (κ1) is 23.8. The van der Waals surface area contributed by atoms with Crippen LogP contribution in [-0.2, 0) is 0 Å². The quantitative estimate of drug-likeness (QED) is 0.186. The van der Waals surface area contributed by atoms with E-state index in [9.17, 15) is 4.79 Å². The van der Waals surface area contributed by atoms with E-state index in [0.29, 0.717) is 6.42 Å². The minimum Gasteiger partial charge on any atom is -0.360 e. The Hall–Kier alpha value is -3.92. The lowest BCUT2D eigenvalue weighted by Crippen LogP contribution is -2.36. The number of isothiocyanates is 1. The molecule has 0 saturated heterocycles. The van der Waals surface area contributed by atoms with Crippen LogP contribution in [0, 0.1) is 0 Å². The molecule has 1 unspecified atom stereocenters. The number of Topliss-reactive ketones (excluding diaryl/α,β-unsaturated/α-hetero) is 1. The molecule has 5 heteroatoms. The van der Waals surface area contributed by atoms with Gasteiger partial charge in [-0.1, -0.05) is 80.4 Å². The van der Waals surface area contributed by atoms with Crippen LogP contribution in [0.25, 0.3) is 11.1 Å². The summed E-state index contributed by atoms with van der Waals surface area (Å²) in [7, 11) is 0. The SMILES string of the molecule is CCCCCC(=O)c1ccc(C2=C3C=CC4(N=C=S)C(c5ccccc5)=CC=NC4=C3NC=C2)cc1. The molecule has 4 nitrogen and oxygen atoms in total. The van der Waals surface area contributed by atoms with E-state index in [4.69, 9.17) is 17.2 Å². The second kappa shape index (κ2) is 10.4. The largest absolute Gasteiger partial charge is 0.360 e. The lowest BCUT2D eigenvalue weighted by molar-refractivity contribution is 0.0979. The zero-order valence-electron chi connectivity index (χ0n) is 20.2. The van der Waals surface area contributed by atoms with Gasteiger partial charge in [0, 0.05) is 30.0 Å². The van der Waals surface area contributed by atoms with Gasteiger partial charge < -0.3 is 5.32 Å². The summed E-state index contributed by atoms with van der Waals surface area (Å²) in [5, 5.41) is 6.02. The Morgan fingerprint density at radius 1 is 1.03 bits per heavy atom. The molecule has 3 aliphatic rings. The van der Waals surface area contributed by atoms with Crippen LogP contribution in [0.5, 0.6) is 0 Å².